The number of fused-ring (bicyclic) bond motifs is 14. The van der Waals surface area contributed by atoms with Crippen LogP contribution in [-0.2, 0) is 0 Å². The smallest absolute Gasteiger partial charge is 0.160 e. The van der Waals surface area contributed by atoms with E-state index in [0.29, 0.717) is 5.82 Å². The molecule has 0 bridgehead atoms. The lowest BCUT2D eigenvalue weighted by Gasteiger charge is -2.17. The molecule has 0 aliphatic carbocycles. The van der Waals surface area contributed by atoms with Crippen molar-refractivity contribution in [1.29, 1.82) is 0 Å². The third-order valence-corrected chi connectivity index (χ3v) is 19.7. The summed E-state index contributed by atoms with van der Waals surface area (Å²) in [6.07, 6.45) is 0. The molecule has 1 N–H and O–H groups in total. The van der Waals surface area contributed by atoms with Crippen molar-refractivity contribution in [3.63, 3.8) is 0 Å². The molecule has 18 aromatic rings. The molecule has 0 spiro atoms. The van der Waals surface area contributed by atoms with Crippen LogP contribution in [0.15, 0.2) is 381 Å². The Kier molecular flexibility index (Phi) is 17.0. The van der Waals surface area contributed by atoms with Gasteiger partial charge in [0.25, 0.3) is 0 Å². The first-order valence-corrected chi connectivity index (χ1v) is 35.8. The molecule has 105 heavy (non-hydrogen) atoms. The van der Waals surface area contributed by atoms with Crippen LogP contribution < -0.4 is 9.47 Å². The van der Waals surface area contributed by atoms with E-state index in [9.17, 15) is 0 Å². The summed E-state index contributed by atoms with van der Waals surface area (Å²) in [6, 6.07) is 129. The van der Waals surface area contributed by atoms with Gasteiger partial charge >= 0.3 is 0 Å². The van der Waals surface area contributed by atoms with E-state index in [1.54, 1.807) is 0 Å². The molecule has 6 heterocycles. The molecule has 0 unspecified atom stereocenters. The predicted molar refractivity (Wildman–Crippen MR) is 432 cm³/mol. The number of hydrogen-bond acceptors (Lipinski definition) is 6. The molecule has 2 aliphatic heterocycles. The minimum atomic E-state index is 0.691. The van der Waals surface area contributed by atoms with Gasteiger partial charge in [0.15, 0.2) is 11.6 Å². The highest BCUT2D eigenvalue weighted by Gasteiger charge is 2.31. The molecule has 0 amide bonds. The average Bonchev–Trinajstić information content (AvgIpc) is 1.59. The number of rotatable bonds is 9. The molecule has 14 aromatic carbocycles. The number of aromatic nitrogens is 6. The van der Waals surface area contributed by atoms with Gasteiger partial charge in [-0.2, -0.15) is 0 Å². The van der Waals surface area contributed by atoms with Gasteiger partial charge in [-0.1, -0.05) is 319 Å². The normalized spacial score (nSPS) is 11.4. The van der Waals surface area contributed by atoms with Gasteiger partial charge in [-0.05, 0) is 83.9 Å². The molecule has 0 radical (unpaired) electrons. The van der Waals surface area contributed by atoms with E-state index in [2.05, 4.69) is 262 Å². The largest absolute Gasteiger partial charge is 0.456 e. The number of aromatic amines is 1. The van der Waals surface area contributed by atoms with Crippen LogP contribution >= 0.6 is 15.9 Å². The standard InChI is InChI=1S/C48H31N3O.C26H17NO.C22H15BrN2/c1-4-16-32(17-5-1)37-26-15-27-40-45-38-24-10-12-28-43(38)52-44-29-13-11-25-39(44)47(45)51(46(37)40)36-23-14-22-35(30-36)42-31-41(33-18-6-2-7-19-33)49-48(50-42)34-20-8-3-9-21-34;1-2-9-17(10-3-1)18-13-8-14-21-24-19-11-4-6-15-22(19)28-23-16-7-5-12-20(23)26(24)27-25(18)21;23-19-13-7-12-18(14-19)21-15-20(16-8-3-1-4-9-16)24-22(25-21)17-10-5-2-6-11-17/h1-31H;1-16,27H;1-15H. The second-order valence-electron chi connectivity index (χ2n) is 25.7. The van der Waals surface area contributed by atoms with Crippen LogP contribution in [0.3, 0.4) is 0 Å². The van der Waals surface area contributed by atoms with Crippen molar-refractivity contribution in [1.82, 2.24) is 29.5 Å². The van der Waals surface area contributed by atoms with Crippen molar-refractivity contribution < 1.29 is 9.47 Å². The van der Waals surface area contributed by atoms with Gasteiger partial charge in [-0.15, -0.1) is 0 Å². The summed E-state index contributed by atoms with van der Waals surface area (Å²) in [4.78, 5) is 23.6. The van der Waals surface area contributed by atoms with Gasteiger partial charge in [0.05, 0.1) is 45.2 Å². The van der Waals surface area contributed by atoms with Crippen molar-refractivity contribution in [3.05, 3.63) is 381 Å². The molecule has 2 aliphatic rings. The Balaban J connectivity index is 0.000000124. The quantitative estimate of drug-likeness (QED) is 0.155. The highest BCUT2D eigenvalue weighted by atomic mass is 79.9. The Labute approximate surface area is 616 Å². The van der Waals surface area contributed by atoms with Crippen LogP contribution in [0.25, 0.3) is 162 Å². The Morgan fingerprint density at radius 3 is 1.15 bits per heavy atom. The van der Waals surface area contributed by atoms with Gasteiger partial charge < -0.3 is 19.0 Å². The highest BCUT2D eigenvalue weighted by Crippen LogP contribution is 2.54. The van der Waals surface area contributed by atoms with Crippen LogP contribution in [0, 0.1) is 0 Å². The van der Waals surface area contributed by atoms with E-state index >= 15 is 0 Å². The minimum Gasteiger partial charge on any atom is -0.456 e. The van der Waals surface area contributed by atoms with Crippen LogP contribution in [0.5, 0.6) is 23.0 Å². The SMILES string of the molecule is Brc1cccc(-c2cc(-c3ccccc3)nc(-c3ccccc3)n2)c1.c1ccc(-c2cc(-c3cccc(-n4c5c(c6cccc(-c7ccccc7)c64)-c4ccccc4Oc4ccccc4-5)c3)nc(-c3ccccc3)n2)cc1.c1ccc(-c2cccc3c4c([nH]c23)-c2ccccc2Oc2ccccc2-4)cc1. The molecule has 20 rings (SSSR count). The van der Waals surface area contributed by atoms with E-state index in [4.69, 9.17) is 29.4 Å². The number of hydrogen-bond donors (Lipinski definition) is 1. The summed E-state index contributed by atoms with van der Waals surface area (Å²) in [5.41, 5.74) is 26.7. The number of nitrogens with one attached hydrogen (secondary N) is 1. The van der Waals surface area contributed by atoms with Gasteiger partial charge in [0.1, 0.15) is 23.0 Å². The third-order valence-electron chi connectivity index (χ3n) is 19.2. The second-order valence-corrected chi connectivity index (χ2v) is 26.6. The van der Waals surface area contributed by atoms with Gasteiger partial charge in [0.2, 0.25) is 0 Å². The zero-order valence-electron chi connectivity index (χ0n) is 56.7. The van der Waals surface area contributed by atoms with Gasteiger partial charge in [-0.25, -0.2) is 19.9 Å². The first kappa shape index (κ1) is 63.6. The lowest BCUT2D eigenvalue weighted by molar-refractivity contribution is 0.487. The molecule has 8 nitrogen and oxygen atoms in total. The van der Waals surface area contributed by atoms with Crippen LogP contribution in [-0.4, -0.2) is 29.5 Å². The maximum Gasteiger partial charge on any atom is 0.160 e. The molecule has 4 aromatic heterocycles. The molecular formula is C96H63BrN6O2. The van der Waals surface area contributed by atoms with Crippen molar-refractivity contribution in [2.45, 2.75) is 0 Å². The lowest BCUT2D eigenvalue weighted by atomic mass is 9.96. The molecule has 0 saturated carbocycles. The van der Waals surface area contributed by atoms with E-state index in [0.717, 1.165) is 162 Å². The third kappa shape index (κ3) is 12.4. The van der Waals surface area contributed by atoms with Crippen LogP contribution in [0.1, 0.15) is 0 Å². The first-order chi connectivity index (χ1) is 52.0. The number of ether oxygens (including phenoxy) is 2. The van der Waals surface area contributed by atoms with E-state index < -0.39 is 0 Å². The van der Waals surface area contributed by atoms with Gasteiger partial charge in [0, 0.05) is 98.8 Å². The van der Waals surface area contributed by atoms with Crippen molar-refractivity contribution in [3.8, 4) is 164 Å². The van der Waals surface area contributed by atoms with Gasteiger partial charge in [-0.3, -0.25) is 0 Å². The Hall–Kier alpha value is -13.6. The fraction of sp³-hybridized carbons (Fsp3) is 0. The van der Waals surface area contributed by atoms with E-state index in [-0.39, 0.29) is 0 Å². The second kappa shape index (κ2) is 28.1. The fourth-order valence-electron chi connectivity index (χ4n) is 14.4. The molecule has 0 atom stereocenters. The first-order valence-electron chi connectivity index (χ1n) is 35.0. The van der Waals surface area contributed by atoms with E-state index in [1.165, 1.54) is 22.1 Å². The summed E-state index contributed by atoms with van der Waals surface area (Å²) in [7, 11) is 0. The van der Waals surface area contributed by atoms with Crippen molar-refractivity contribution in [2.24, 2.45) is 0 Å². The zero-order chi connectivity index (χ0) is 70.0. The minimum absolute atomic E-state index is 0.691. The molecule has 0 saturated heterocycles. The van der Waals surface area contributed by atoms with Crippen molar-refractivity contribution in [2.75, 3.05) is 0 Å². The van der Waals surface area contributed by atoms with Crippen molar-refractivity contribution >= 4 is 37.7 Å². The number of para-hydroxylation sites is 6. The number of nitrogens with zero attached hydrogens (tertiary/aromatic N) is 5. The summed E-state index contributed by atoms with van der Waals surface area (Å²) in [6.45, 7) is 0. The van der Waals surface area contributed by atoms with Crippen LogP contribution in [0.4, 0.5) is 0 Å². The summed E-state index contributed by atoms with van der Waals surface area (Å²) >= 11 is 3.54. The number of halogens is 1. The topological polar surface area (TPSA) is 90.7 Å². The monoisotopic (exact) mass is 1410 g/mol. The summed E-state index contributed by atoms with van der Waals surface area (Å²) in [5, 5.41) is 2.37. The average molecular weight is 1410 g/mol. The maximum absolute atomic E-state index is 6.67. The summed E-state index contributed by atoms with van der Waals surface area (Å²) in [5.74, 6) is 4.86. The molecule has 0 fully saturated rings. The highest BCUT2D eigenvalue weighted by molar-refractivity contribution is 9.10. The zero-order valence-corrected chi connectivity index (χ0v) is 58.3. The molecule has 496 valence electrons. The van der Waals surface area contributed by atoms with E-state index in [1.807, 2.05) is 140 Å². The summed E-state index contributed by atoms with van der Waals surface area (Å²) < 4.78 is 16.4. The molecule has 9 heteroatoms. The fourth-order valence-corrected chi connectivity index (χ4v) is 14.8. The Morgan fingerprint density at radius 1 is 0.267 bits per heavy atom. The lowest BCUT2D eigenvalue weighted by Crippen LogP contribution is -2.00. The molecular weight excluding hydrogens is 1350 g/mol. The number of H-pyrrole nitrogens is 1. The Morgan fingerprint density at radius 2 is 0.629 bits per heavy atom. The van der Waals surface area contributed by atoms with Crippen LogP contribution in [0.2, 0.25) is 0 Å². The number of benzene rings is 14. The maximum atomic E-state index is 6.67. The Bertz CT molecular complexity index is 6110. The predicted octanol–water partition coefficient (Wildman–Crippen LogP) is 26.0.